The summed E-state index contributed by atoms with van der Waals surface area (Å²) < 4.78 is 24.4. The van der Waals surface area contributed by atoms with Gasteiger partial charge in [0.15, 0.2) is 0 Å². The third-order valence-electron chi connectivity index (χ3n) is 3.89. The van der Waals surface area contributed by atoms with Crippen LogP contribution in [0.4, 0.5) is 4.79 Å². The molecule has 2 amide bonds. The quantitative estimate of drug-likeness (QED) is 0.753. The van der Waals surface area contributed by atoms with Crippen LogP contribution in [-0.2, 0) is 23.0 Å². The van der Waals surface area contributed by atoms with Crippen molar-refractivity contribution in [3.63, 3.8) is 0 Å². The molecule has 0 saturated carbocycles. The molecule has 136 valence electrons. The number of nitrogens with one attached hydrogen (secondary N) is 1. The second-order valence-corrected chi connectivity index (χ2v) is 7.32. The Kier molecular flexibility index (Phi) is 6.16. The lowest BCUT2D eigenvalue weighted by Gasteiger charge is -2.18. The summed E-state index contributed by atoms with van der Waals surface area (Å²) in [6.07, 6.45) is 4.22. The minimum absolute atomic E-state index is 0.0785. The van der Waals surface area contributed by atoms with Crippen LogP contribution in [0.5, 0.6) is 0 Å². The number of nitrogens with two attached hydrogens (primary N) is 1. The Bertz CT molecular complexity index is 815. The van der Waals surface area contributed by atoms with Crippen molar-refractivity contribution in [2.75, 3.05) is 20.1 Å². The molecule has 0 aliphatic rings. The molecule has 1 aromatic carbocycles. The summed E-state index contributed by atoms with van der Waals surface area (Å²) in [5.41, 5.74) is 0.921. The molecule has 9 heteroatoms. The van der Waals surface area contributed by atoms with Crippen LogP contribution in [0.2, 0.25) is 0 Å². The predicted octanol–water partition coefficient (Wildman–Crippen LogP) is 0.723. The topological polar surface area (TPSA) is 110 Å². The van der Waals surface area contributed by atoms with E-state index in [0.29, 0.717) is 26.1 Å². The number of benzene rings is 1. The summed E-state index contributed by atoms with van der Waals surface area (Å²) in [6.45, 7) is 3.64. The highest BCUT2D eigenvalue weighted by Crippen LogP contribution is 2.09. The number of imidazole rings is 1. The van der Waals surface area contributed by atoms with Crippen LogP contribution >= 0.6 is 0 Å². The molecular weight excluding hydrogens is 342 g/mol. The summed E-state index contributed by atoms with van der Waals surface area (Å²) in [4.78, 5) is 17.9. The highest BCUT2D eigenvalue weighted by Gasteiger charge is 2.09. The molecule has 2 rings (SSSR count). The molecule has 1 heterocycles. The lowest BCUT2D eigenvalue weighted by atomic mass is 10.1. The van der Waals surface area contributed by atoms with Gasteiger partial charge in [-0.1, -0.05) is 12.1 Å². The average molecular weight is 365 g/mol. The summed E-state index contributed by atoms with van der Waals surface area (Å²) >= 11 is 0. The second-order valence-electron chi connectivity index (χ2n) is 5.76. The SMILES string of the molecule is Cc1nccn1CCN(C)C(=O)NCCc1ccc(S(N)(=O)=O)cc1. The van der Waals surface area contributed by atoms with Crippen LogP contribution in [0.1, 0.15) is 11.4 Å². The van der Waals surface area contributed by atoms with Gasteiger partial charge in [-0.2, -0.15) is 0 Å². The number of primary sulfonamides is 1. The predicted molar refractivity (Wildman–Crippen MR) is 94.5 cm³/mol. The fourth-order valence-corrected chi connectivity index (χ4v) is 2.81. The molecule has 2 aromatic rings. The number of hydrogen-bond donors (Lipinski definition) is 2. The standard InChI is InChI=1S/C16H23N5O3S/c1-13-18-9-10-21(13)12-11-20(2)16(22)19-8-7-14-3-5-15(6-4-14)25(17,23)24/h3-6,9-10H,7-8,11-12H2,1-2H3,(H,19,22)(H2,17,23,24). The Labute approximate surface area is 147 Å². The van der Waals surface area contributed by atoms with Gasteiger partial charge in [0.25, 0.3) is 0 Å². The zero-order valence-electron chi connectivity index (χ0n) is 14.3. The molecule has 0 saturated heterocycles. The molecular formula is C16H23N5O3S. The van der Waals surface area contributed by atoms with Gasteiger partial charge in [-0.25, -0.2) is 23.3 Å². The fraction of sp³-hybridized carbons (Fsp3) is 0.375. The Balaban J connectivity index is 1.75. The van der Waals surface area contributed by atoms with Gasteiger partial charge in [-0.05, 0) is 31.0 Å². The van der Waals surface area contributed by atoms with Crippen LogP contribution in [0.15, 0.2) is 41.6 Å². The van der Waals surface area contributed by atoms with Crippen molar-refractivity contribution in [1.82, 2.24) is 19.8 Å². The first kappa shape index (κ1) is 18.9. The molecule has 0 aliphatic heterocycles. The molecule has 0 atom stereocenters. The van der Waals surface area contributed by atoms with Crippen molar-refractivity contribution in [2.24, 2.45) is 5.14 Å². The minimum atomic E-state index is -3.68. The summed E-state index contributed by atoms with van der Waals surface area (Å²) in [6, 6.07) is 6.16. The lowest BCUT2D eigenvalue weighted by molar-refractivity contribution is 0.207. The summed E-state index contributed by atoms with van der Waals surface area (Å²) in [5, 5.41) is 7.90. The van der Waals surface area contributed by atoms with Crippen molar-refractivity contribution in [3.05, 3.63) is 48.0 Å². The number of amides is 2. The molecule has 0 spiro atoms. The van der Waals surface area contributed by atoms with E-state index in [-0.39, 0.29) is 10.9 Å². The third kappa shape index (κ3) is 5.57. The molecule has 8 nitrogen and oxygen atoms in total. The van der Waals surface area contributed by atoms with Crippen molar-refractivity contribution in [3.8, 4) is 0 Å². The van der Waals surface area contributed by atoms with Gasteiger partial charge in [0.05, 0.1) is 4.90 Å². The van der Waals surface area contributed by atoms with E-state index in [1.165, 1.54) is 12.1 Å². The number of carbonyl (C=O) groups is 1. The Morgan fingerprint density at radius 3 is 2.56 bits per heavy atom. The van der Waals surface area contributed by atoms with Crippen LogP contribution in [-0.4, -0.2) is 49.0 Å². The maximum atomic E-state index is 12.1. The van der Waals surface area contributed by atoms with E-state index in [2.05, 4.69) is 10.3 Å². The average Bonchev–Trinajstić information content (AvgIpc) is 2.97. The van der Waals surface area contributed by atoms with Crippen LogP contribution in [0, 0.1) is 6.92 Å². The van der Waals surface area contributed by atoms with Gasteiger partial charge < -0.3 is 14.8 Å². The number of rotatable bonds is 7. The van der Waals surface area contributed by atoms with E-state index in [1.54, 1.807) is 30.3 Å². The molecule has 0 unspecified atom stereocenters. The number of hydrogen-bond acceptors (Lipinski definition) is 4. The number of carbonyl (C=O) groups excluding carboxylic acids is 1. The number of urea groups is 1. The Morgan fingerprint density at radius 2 is 2.00 bits per heavy atom. The van der Waals surface area contributed by atoms with Gasteiger partial charge in [0.1, 0.15) is 5.82 Å². The molecule has 0 bridgehead atoms. The zero-order chi connectivity index (χ0) is 18.4. The molecule has 0 aliphatic carbocycles. The normalized spacial score (nSPS) is 11.3. The van der Waals surface area contributed by atoms with Crippen LogP contribution < -0.4 is 10.5 Å². The maximum Gasteiger partial charge on any atom is 0.317 e. The first-order valence-electron chi connectivity index (χ1n) is 7.86. The van der Waals surface area contributed by atoms with E-state index in [0.717, 1.165) is 11.4 Å². The number of sulfonamides is 1. The first-order chi connectivity index (χ1) is 11.8. The Hall–Kier alpha value is -2.39. The number of aryl methyl sites for hydroxylation is 1. The van der Waals surface area contributed by atoms with Crippen molar-refractivity contribution in [1.29, 1.82) is 0 Å². The summed E-state index contributed by atoms with van der Waals surface area (Å²) in [5.74, 6) is 0.914. The van der Waals surface area contributed by atoms with Crippen LogP contribution in [0.25, 0.3) is 0 Å². The van der Waals surface area contributed by atoms with E-state index in [9.17, 15) is 13.2 Å². The van der Waals surface area contributed by atoms with Gasteiger partial charge in [0.2, 0.25) is 10.0 Å². The molecule has 3 N–H and O–H groups in total. The highest BCUT2D eigenvalue weighted by atomic mass is 32.2. The molecule has 0 fully saturated rings. The maximum absolute atomic E-state index is 12.1. The monoisotopic (exact) mass is 365 g/mol. The summed E-state index contributed by atoms with van der Waals surface area (Å²) in [7, 11) is -1.94. The van der Waals surface area contributed by atoms with Crippen LogP contribution in [0.3, 0.4) is 0 Å². The number of likely N-dealkylation sites (N-methyl/N-ethyl adjacent to an activating group) is 1. The van der Waals surface area contributed by atoms with E-state index in [1.807, 2.05) is 17.7 Å². The minimum Gasteiger partial charge on any atom is -0.338 e. The fourth-order valence-electron chi connectivity index (χ4n) is 2.29. The first-order valence-corrected chi connectivity index (χ1v) is 9.40. The van der Waals surface area contributed by atoms with Crippen molar-refractivity contribution < 1.29 is 13.2 Å². The third-order valence-corrected chi connectivity index (χ3v) is 4.82. The van der Waals surface area contributed by atoms with Crippen molar-refractivity contribution in [2.45, 2.75) is 24.8 Å². The molecule has 1 aromatic heterocycles. The molecule has 0 radical (unpaired) electrons. The van der Waals surface area contributed by atoms with Gasteiger partial charge >= 0.3 is 6.03 Å². The van der Waals surface area contributed by atoms with Crippen molar-refractivity contribution >= 4 is 16.1 Å². The van der Waals surface area contributed by atoms with Gasteiger partial charge in [0, 0.05) is 39.1 Å². The highest BCUT2D eigenvalue weighted by molar-refractivity contribution is 7.89. The second kappa shape index (κ2) is 8.13. The number of nitrogens with zero attached hydrogens (tertiary/aromatic N) is 3. The van der Waals surface area contributed by atoms with E-state index >= 15 is 0 Å². The zero-order valence-corrected chi connectivity index (χ0v) is 15.2. The van der Waals surface area contributed by atoms with E-state index in [4.69, 9.17) is 5.14 Å². The lowest BCUT2D eigenvalue weighted by Crippen LogP contribution is -2.39. The smallest absolute Gasteiger partial charge is 0.317 e. The largest absolute Gasteiger partial charge is 0.338 e. The van der Waals surface area contributed by atoms with Gasteiger partial charge in [-0.3, -0.25) is 0 Å². The molecule has 25 heavy (non-hydrogen) atoms. The van der Waals surface area contributed by atoms with E-state index < -0.39 is 10.0 Å². The van der Waals surface area contributed by atoms with Gasteiger partial charge in [-0.15, -0.1) is 0 Å². The Morgan fingerprint density at radius 1 is 1.32 bits per heavy atom. The number of aromatic nitrogens is 2.